The first kappa shape index (κ1) is 24.8. The van der Waals surface area contributed by atoms with Crippen LogP contribution in [-0.4, -0.2) is 0 Å². The van der Waals surface area contributed by atoms with Crippen molar-refractivity contribution < 1.29 is 0 Å². The van der Waals surface area contributed by atoms with Crippen molar-refractivity contribution >= 4 is 23.8 Å². The Morgan fingerprint density at radius 1 is 0.588 bits per heavy atom. The second-order valence-electron chi connectivity index (χ2n) is 10.2. The molecule has 1 heteroatoms. The van der Waals surface area contributed by atoms with E-state index < -0.39 is 0 Å². The molecule has 3 aromatic carbocycles. The van der Waals surface area contributed by atoms with E-state index >= 15 is 0 Å². The van der Waals surface area contributed by atoms with Gasteiger partial charge in [0.05, 0.1) is 0 Å². The van der Waals surface area contributed by atoms with Gasteiger partial charge in [-0.2, -0.15) is 0 Å². The van der Waals surface area contributed by atoms with Crippen molar-refractivity contribution in [3.63, 3.8) is 0 Å². The summed E-state index contributed by atoms with van der Waals surface area (Å²) in [5.74, 6) is 1.84. The molecule has 0 saturated heterocycles. The van der Waals surface area contributed by atoms with Crippen LogP contribution in [-0.2, 0) is 19.3 Å². The van der Waals surface area contributed by atoms with Crippen LogP contribution < -0.4 is 0 Å². The summed E-state index contributed by atoms with van der Waals surface area (Å²) >= 11 is 5.96. The molecule has 4 rings (SSSR count). The highest BCUT2D eigenvalue weighted by atomic mass is 35.5. The van der Waals surface area contributed by atoms with Crippen LogP contribution in [0.5, 0.6) is 0 Å². The van der Waals surface area contributed by atoms with Crippen molar-refractivity contribution in [2.75, 3.05) is 0 Å². The van der Waals surface area contributed by atoms with Gasteiger partial charge < -0.3 is 0 Å². The molecule has 1 saturated carbocycles. The van der Waals surface area contributed by atoms with Gasteiger partial charge >= 0.3 is 0 Å². The molecule has 0 aliphatic heterocycles. The van der Waals surface area contributed by atoms with E-state index in [9.17, 15) is 0 Å². The highest BCUT2D eigenvalue weighted by molar-refractivity contribution is 6.30. The van der Waals surface area contributed by atoms with E-state index in [1.165, 1.54) is 92.0 Å². The molecule has 0 aromatic heterocycles. The molecule has 178 valence electrons. The predicted octanol–water partition coefficient (Wildman–Crippen LogP) is 9.83. The molecule has 0 amide bonds. The molecule has 0 heterocycles. The van der Waals surface area contributed by atoms with E-state index in [0.29, 0.717) is 0 Å². The molecule has 0 unspecified atom stereocenters. The van der Waals surface area contributed by atoms with Crippen LogP contribution in [0.15, 0.2) is 72.8 Å². The normalized spacial score (nSPS) is 18.4. The zero-order valence-electron chi connectivity index (χ0n) is 20.7. The van der Waals surface area contributed by atoms with Crippen molar-refractivity contribution in [3.05, 3.63) is 106 Å². The van der Waals surface area contributed by atoms with Crippen LogP contribution in [0.1, 0.15) is 79.7 Å². The lowest BCUT2D eigenvalue weighted by Crippen LogP contribution is -2.15. The van der Waals surface area contributed by atoms with Crippen molar-refractivity contribution in [1.29, 1.82) is 0 Å². The molecule has 1 aliphatic rings. The summed E-state index contributed by atoms with van der Waals surface area (Å²) in [7, 11) is 0. The van der Waals surface area contributed by atoms with Gasteiger partial charge in [-0.1, -0.05) is 123 Å². The van der Waals surface area contributed by atoms with Crippen LogP contribution in [0.2, 0.25) is 5.02 Å². The van der Waals surface area contributed by atoms with Crippen LogP contribution >= 0.6 is 11.6 Å². The Labute approximate surface area is 212 Å². The SMILES string of the molecule is CCCc1ccc(CCC2CCC(CCc3ccc(C=Cc4ccc(Cl)cc4)cc3)CC2)cc1. The fraction of sp³-hybridized carbons (Fsp3) is 0.394. The molecular weight excluding hydrogens is 432 g/mol. The molecule has 0 bridgehead atoms. The summed E-state index contributed by atoms with van der Waals surface area (Å²) in [5, 5.41) is 0.781. The smallest absolute Gasteiger partial charge is 0.0406 e. The molecule has 34 heavy (non-hydrogen) atoms. The van der Waals surface area contributed by atoms with E-state index in [2.05, 4.69) is 67.6 Å². The predicted molar refractivity (Wildman–Crippen MR) is 149 cm³/mol. The first-order chi connectivity index (χ1) is 16.7. The van der Waals surface area contributed by atoms with E-state index in [-0.39, 0.29) is 0 Å². The molecule has 3 aromatic rings. The fourth-order valence-corrected chi connectivity index (χ4v) is 5.40. The first-order valence-electron chi connectivity index (χ1n) is 13.3. The third-order valence-electron chi connectivity index (χ3n) is 7.53. The maximum absolute atomic E-state index is 5.96. The summed E-state index contributed by atoms with van der Waals surface area (Å²) in [6, 6.07) is 26.4. The van der Waals surface area contributed by atoms with Crippen molar-refractivity contribution in [2.45, 2.75) is 71.1 Å². The Balaban J connectivity index is 1.15. The highest BCUT2D eigenvalue weighted by Gasteiger charge is 2.20. The van der Waals surface area contributed by atoms with Gasteiger partial charge in [0, 0.05) is 5.02 Å². The largest absolute Gasteiger partial charge is 0.0843 e. The van der Waals surface area contributed by atoms with Gasteiger partial charge in [-0.05, 0) is 83.9 Å². The standard InChI is InChI=1S/C33H39Cl/c1-2-3-26-4-6-27(7-5-26)8-9-28-10-12-29(13-11-28)14-15-30-16-18-31(19-17-30)20-21-32-22-24-33(34)25-23-32/h4-7,16-25,28-29H,2-3,8-15H2,1H3. The van der Waals surface area contributed by atoms with Crippen molar-refractivity contribution in [2.24, 2.45) is 11.8 Å². The van der Waals surface area contributed by atoms with Crippen LogP contribution in [0, 0.1) is 11.8 Å². The molecule has 0 spiro atoms. The topological polar surface area (TPSA) is 0 Å². The Hall–Kier alpha value is -2.31. The Bertz CT molecular complexity index is 1000. The summed E-state index contributed by atoms with van der Waals surface area (Å²) in [5.41, 5.74) is 6.90. The number of halogens is 1. The Kier molecular flexibility index (Phi) is 9.45. The summed E-state index contributed by atoms with van der Waals surface area (Å²) in [4.78, 5) is 0. The van der Waals surface area contributed by atoms with E-state index in [1.54, 1.807) is 0 Å². The zero-order chi connectivity index (χ0) is 23.6. The zero-order valence-corrected chi connectivity index (χ0v) is 21.4. The maximum atomic E-state index is 5.96. The molecular formula is C33H39Cl. The lowest BCUT2D eigenvalue weighted by Gasteiger charge is -2.28. The van der Waals surface area contributed by atoms with E-state index in [0.717, 1.165) is 16.9 Å². The van der Waals surface area contributed by atoms with E-state index in [4.69, 9.17) is 11.6 Å². The number of benzene rings is 3. The average Bonchev–Trinajstić information content (AvgIpc) is 2.88. The number of hydrogen-bond donors (Lipinski definition) is 0. The third-order valence-corrected chi connectivity index (χ3v) is 7.78. The van der Waals surface area contributed by atoms with Crippen LogP contribution in [0.4, 0.5) is 0 Å². The lowest BCUT2D eigenvalue weighted by atomic mass is 9.77. The summed E-state index contributed by atoms with van der Waals surface area (Å²) < 4.78 is 0. The van der Waals surface area contributed by atoms with E-state index in [1.807, 2.05) is 24.3 Å². The second-order valence-corrected chi connectivity index (χ2v) is 10.6. The van der Waals surface area contributed by atoms with Gasteiger partial charge in [0.15, 0.2) is 0 Å². The van der Waals surface area contributed by atoms with Gasteiger partial charge in [0.25, 0.3) is 0 Å². The quantitative estimate of drug-likeness (QED) is 0.258. The molecule has 0 atom stereocenters. The monoisotopic (exact) mass is 470 g/mol. The Morgan fingerprint density at radius 2 is 0.971 bits per heavy atom. The molecule has 0 nitrogen and oxygen atoms in total. The van der Waals surface area contributed by atoms with Crippen LogP contribution in [0.25, 0.3) is 12.2 Å². The van der Waals surface area contributed by atoms with Crippen LogP contribution in [0.3, 0.4) is 0 Å². The van der Waals surface area contributed by atoms with Gasteiger partial charge in [0.2, 0.25) is 0 Å². The van der Waals surface area contributed by atoms with Gasteiger partial charge in [0.1, 0.15) is 0 Å². The maximum Gasteiger partial charge on any atom is 0.0406 e. The molecule has 1 fully saturated rings. The summed E-state index contributed by atoms with van der Waals surface area (Å²) in [6.45, 7) is 2.25. The van der Waals surface area contributed by atoms with Gasteiger partial charge in [-0.25, -0.2) is 0 Å². The second kappa shape index (κ2) is 13.0. The van der Waals surface area contributed by atoms with Crippen molar-refractivity contribution in [1.82, 2.24) is 0 Å². The third kappa shape index (κ3) is 7.88. The highest BCUT2D eigenvalue weighted by Crippen LogP contribution is 2.34. The lowest BCUT2D eigenvalue weighted by molar-refractivity contribution is 0.253. The number of aryl methyl sites for hydroxylation is 3. The van der Waals surface area contributed by atoms with Gasteiger partial charge in [-0.15, -0.1) is 0 Å². The number of rotatable bonds is 10. The average molecular weight is 471 g/mol. The minimum atomic E-state index is 0.781. The minimum absolute atomic E-state index is 0.781. The molecule has 0 radical (unpaired) electrons. The first-order valence-corrected chi connectivity index (χ1v) is 13.7. The molecule has 0 N–H and O–H groups in total. The Morgan fingerprint density at radius 3 is 1.41 bits per heavy atom. The number of hydrogen-bond acceptors (Lipinski definition) is 0. The van der Waals surface area contributed by atoms with Gasteiger partial charge in [-0.3, -0.25) is 0 Å². The minimum Gasteiger partial charge on any atom is -0.0843 e. The van der Waals surface area contributed by atoms with Crippen molar-refractivity contribution in [3.8, 4) is 0 Å². The fourth-order valence-electron chi connectivity index (χ4n) is 5.27. The molecule has 1 aliphatic carbocycles. The summed E-state index contributed by atoms with van der Waals surface area (Å²) in [6.07, 6.45) is 17.6.